The predicted octanol–water partition coefficient (Wildman–Crippen LogP) is 3.63. The summed E-state index contributed by atoms with van der Waals surface area (Å²) in [5, 5.41) is 5.37. The van der Waals surface area contributed by atoms with E-state index in [1.807, 2.05) is 12.1 Å². The van der Waals surface area contributed by atoms with Gasteiger partial charge in [0.1, 0.15) is 0 Å². The molecular formula is C20H27ClN4. The van der Waals surface area contributed by atoms with E-state index in [-0.39, 0.29) is 0 Å². The Kier molecular flexibility index (Phi) is 5.28. The molecule has 2 aromatic rings. The molecule has 5 heteroatoms. The van der Waals surface area contributed by atoms with Crippen molar-refractivity contribution in [2.24, 2.45) is 0 Å². The zero-order valence-electron chi connectivity index (χ0n) is 14.8. The molecule has 1 aromatic carbocycles. The Labute approximate surface area is 155 Å². The summed E-state index contributed by atoms with van der Waals surface area (Å²) in [6, 6.07) is 8.22. The Morgan fingerprint density at radius 3 is 2.56 bits per heavy atom. The number of piperazine rings is 1. The second-order valence-electron chi connectivity index (χ2n) is 7.21. The maximum Gasteiger partial charge on any atom is 0.0524 e. The predicted molar refractivity (Wildman–Crippen MR) is 104 cm³/mol. The van der Waals surface area contributed by atoms with E-state index >= 15 is 0 Å². The van der Waals surface area contributed by atoms with Crippen LogP contribution in [0.4, 0.5) is 5.69 Å². The number of fused-ring (bicyclic) bond motifs is 1. The Morgan fingerprint density at radius 1 is 0.960 bits per heavy atom. The molecule has 2 aliphatic rings. The third kappa shape index (κ3) is 4.01. The van der Waals surface area contributed by atoms with Crippen LogP contribution in [0.5, 0.6) is 0 Å². The van der Waals surface area contributed by atoms with Crippen LogP contribution >= 0.6 is 11.6 Å². The number of nitrogens with zero attached hydrogens (tertiary/aromatic N) is 4. The summed E-state index contributed by atoms with van der Waals surface area (Å²) in [7, 11) is 0. The van der Waals surface area contributed by atoms with Crippen molar-refractivity contribution in [2.75, 3.05) is 37.6 Å². The van der Waals surface area contributed by atoms with Gasteiger partial charge < -0.3 is 4.90 Å². The lowest BCUT2D eigenvalue weighted by atomic mass is 10.0. The van der Waals surface area contributed by atoms with Crippen LogP contribution in [0.15, 0.2) is 30.5 Å². The van der Waals surface area contributed by atoms with Crippen LogP contribution in [0.2, 0.25) is 5.02 Å². The summed E-state index contributed by atoms with van der Waals surface area (Å²) in [6.45, 7) is 6.81. The Balaban J connectivity index is 1.23. The quantitative estimate of drug-likeness (QED) is 0.815. The Bertz CT molecular complexity index is 686. The summed E-state index contributed by atoms with van der Waals surface area (Å²) in [5.74, 6) is 0. The standard InChI is InChI=1S/C20H27ClN4/c21-18-6-8-19(9-7-18)24-14-12-23(13-15-24)10-3-4-17-16-22-25-11-2-1-5-20(17)25/h6-9,16H,1-5,10-15H2. The van der Waals surface area contributed by atoms with Crippen LogP contribution in [0.25, 0.3) is 0 Å². The largest absolute Gasteiger partial charge is 0.369 e. The zero-order chi connectivity index (χ0) is 17.1. The first kappa shape index (κ1) is 16.9. The summed E-state index contributed by atoms with van der Waals surface area (Å²) in [4.78, 5) is 5.06. The molecule has 0 N–H and O–H groups in total. The van der Waals surface area contributed by atoms with Crippen LogP contribution in [-0.2, 0) is 19.4 Å². The molecule has 4 nitrogen and oxygen atoms in total. The van der Waals surface area contributed by atoms with Gasteiger partial charge in [-0.2, -0.15) is 5.10 Å². The average molecular weight is 359 g/mol. The van der Waals surface area contributed by atoms with E-state index in [4.69, 9.17) is 11.6 Å². The fourth-order valence-corrected chi connectivity index (χ4v) is 4.20. The van der Waals surface area contributed by atoms with Crippen molar-refractivity contribution in [1.29, 1.82) is 0 Å². The minimum Gasteiger partial charge on any atom is -0.369 e. The van der Waals surface area contributed by atoms with Crippen LogP contribution in [0.3, 0.4) is 0 Å². The molecule has 1 aromatic heterocycles. The third-order valence-corrected chi connectivity index (χ3v) is 5.81. The molecule has 1 fully saturated rings. The van der Waals surface area contributed by atoms with Crippen LogP contribution in [-0.4, -0.2) is 47.4 Å². The minimum absolute atomic E-state index is 0.810. The van der Waals surface area contributed by atoms with Gasteiger partial charge in [0.25, 0.3) is 0 Å². The molecule has 0 spiro atoms. The highest BCUT2D eigenvalue weighted by molar-refractivity contribution is 6.30. The van der Waals surface area contributed by atoms with Crippen molar-refractivity contribution in [3.63, 3.8) is 0 Å². The maximum absolute atomic E-state index is 5.98. The average Bonchev–Trinajstić information content (AvgIpc) is 3.06. The first-order chi connectivity index (χ1) is 12.3. The van der Waals surface area contributed by atoms with Crippen molar-refractivity contribution in [2.45, 2.75) is 38.6 Å². The molecular weight excluding hydrogens is 332 g/mol. The number of benzene rings is 1. The van der Waals surface area contributed by atoms with Crippen molar-refractivity contribution in [3.05, 3.63) is 46.7 Å². The lowest BCUT2D eigenvalue weighted by Crippen LogP contribution is -2.46. The molecule has 134 valence electrons. The molecule has 0 aliphatic carbocycles. The van der Waals surface area contributed by atoms with E-state index in [1.165, 1.54) is 55.6 Å². The fourth-order valence-electron chi connectivity index (χ4n) is 4.07. The molecule has 0 saturated carbocycles. The fraction of sp³-hybridized carbons (Fsp3) is 0.550. The monoisotopic (exact) mass is 358 g/mol. The highest BCUT2D eigenvalue weighted by atomic mass is 35.5. The summed E-state index contributed by atoms with van der Waals surface area (Å²) in [6.07, 6.45) is 8.35. The molecule has 0 radical (unpaired) electrons. The van der Waals surface area contributed by atoms with E-state index in [1.54, 1.807) is 0 Å². The molecule has 0 amide bonds. The van der Waals surface area contributed by atoms with Gasteiger partial charge >= 0.3 is 0 Å². The lowest BCUT2D eigenvalue weighted by molar-refractivity contribution is 0.255. The van der Waals surface area contributed by atoms with E-state index < -0.39 is 0 Å². The van der Waals surface area contributed by atoms with E-state index in [2.05, 4.69) is 37.9 Å². The van der Waals surface area contributed by atoms with Crippen molar-refractivity contribution >= 4 is 17.3 Å². The van der Waals surface area contributed by atoms with E-state index in [0.29, 0.717) is 0 Å². The number of hydrogen-bond acceptors (Lipinski definition) is 3. The second-order valence-corrected chi connectivity index (χ2v) is 7.64. The normalized spacial score (nSPS) is 18.4. The summed E-state index contributed by atoms with van der Waals surface area (Å²) < 4.78 is 2.23. The van der Waals surface area contributed by atoms with Gasteiger partial charge in [0, 0.05) is 49.1 Å². The Morgan fingerprint density at radius 2 is 1.76 bits per heavy atom. The van der Waals surface area contributed by atoms with Crippen LogP contribution in [0.1, 0.15) is 30.5 Å². The molecule has 2 aliphatic heterocycles. The molecule has 25 heavy (non-hydrogen) atoms. The molecule has 0 atom stereocenters. The van der Waals surface area contributed by atoms with Gasteiger partial charge in [-0.25, -0.2) is 0 Å². The van der Waals surface area contributed by atoms with Gasteiger partial charge in [-0.05, 0) is 68.5 Å². The molecule has 0 unspecified atom stereocenters. The number of aryl methyl sites for hydroxylation is 2. The highest BCUT2D eigenvalue weighted by Gasteiger charge is 2.18. The second kappa shape index (κ2) is 7.79. The number of halogens is 1. The smallest absolute Gasteiger partial charge is 0.0524 e. The van der Waals surface area contributed by atoms with Crippen LogP contribution < -0.4 is 4.90 Å². The van der Waals surface area contributed by atoms with Crippen LogP contribution in [0, 0.1) is 0 Å². The summed E-state index contributed by atoms with van der Waals surface area (Å²) >= 11 is 5.98. The van der Waals surface area contributed by atoms with Gasteiger partial charge in [-0.3, -0.25) is 9.58 Å². The van der Waals surface area contributed by atoms with Crippen molar-refractivity contribution in [1.82, 2.24) is 14.7 Å². The van der Waals surface area contributed by atoms with E-state index in [0.717, 1.165) is 37.7 Å². The van der Waals surface area contributed by atoms with Gasteiger partial charge in [-0.1, -0.05) is 11.6 Å². The number of aromatic nitrogens is 2. The minimum atomic E-state index is 0.810. The lowest BCUT2D eigenvalue weighted by Gasteiger charge is -2.36. The van der Waals surface area contributed by atoms with E-state index in [9.17, 15) is 0 Å². The molecule has 4 rings (SSSR count). The van der Waals surface area contributed by atoms with Gasteiger partial charge in [0.05, 0.1) is 6.20 Å². The third-order valence-electron chi connectivity index (χ3n) is 5.55. The first-order valence-electron chi connectivity index (χ1n) is 9.56. The maximum atomic E-state index is 5.98. The summed E-state index contributed by atoms with van der Waals surface area (Å²) in [5.41, 5.74) is 4.27. The van der Waals surface area contributed by atoms with Gasteiger partial charge in [0.15, 0.2) is 0 Å². The van der Waals surface area contributed by atoms with Gasteiger partial charge in [-0.15, -0.1) is 0 Å². The van der Waals surface area contributed by atoms with Crippen molar-refractivity contribution in [3.8, 4) is 0 Å². The number of hydrogen-bond donors (Lipinski definition) is 0. The van der Waals surface area contributed by atoms with Crippen molar-refractivity contribution < 1.29 is 0 Å². The SMILES string of the molecule is Clc1ccc(N2CCN(CCCc3cnn4c3CCCC4)CC2)cc1. The number of rotatable bonds is 5. The molecule has 3 heterocycles. The zero-order valence-corrected chi connectivity index (χ0v) is 15.6. The number of anilines is 1. The highest BCUT2D eigenvalue weighted by Crippen LogP contribution is 2.21. The molecule has 1 saturated heterocycles. The first-order valence-corrected chi connectivity index (χ1v) is 9.94. The topological polar surface area (TPSA) is 24.3 Å². The van der Waals surface area contributed by atoms with Gasteiger partial charge in [0.2, 0.25) is 0 Å². The molecule has 0 bridgehead atoms. The Hall–Kier alpha value is -1.52.